The molecule has 190 valence electrons. The minimum atomic E-state index is -3.82. The van der Waals surface area contributed by atoms with Crippen molar-refractivity contribution in [2.75, 3.05) is 14.1 Å². The number of benzene rings is 3. The molecule has 38 heavy (non-hydrogen) atoms. The van der Waals surface area contributed by atoms with Gasteiger partial charge in [0.2, 0.25) is 16.2 Å². The van der Waals surface area contributed by atoms with Crippen molar-refractivity contribution >= 4 is 27.3 Å². The number of nitrogens with one attached hydrogen (secondary N) is 1. The lowest BCUT2D eigenvalue weighted by molar-refractivity contribution is -0.115. The van der Waals surface area contributed by atoms with Crippen LogP contribution in [0.1, 0.15) is 5.56 Å². The van der Waals surface area contributed by atoms with Gasteiger partial charge in [0.15, 0.2) is 11.6 Å². The van der Waals surface area contributed by atoms with Crippen molar-refractivity contribution in [3.05, 3.63) is 96.7 Å². The SMILES string of the molecule is CN(C)C=O.N#Cc1ccccc1Oc1cc(S(=O)(=O)c2ccccc2)cc2[nH]c(-c3ccccn3)nc12. The van der Waals surface area contributed by atoms with Gasteiger partial charge in [-0.1, -0.05) is 36.4 Å². The third-order valence-corrected chi connectivity index (χ3v) is 6.98. The van der Waals surface area contributed by atoms with Crippen LogP contribution in [0.3, 0.4) is 0 Å². The number of aromatic amines is 1. The number of carbonyl (C=O) groups is 1. The van der Waals surface area contributed by atoms with E-state index < -0.39 is 9.84 Å². The van der Waals surface area contributed by atoms with E-state index in [1.54, 1.807) is 74.9 Å². The molecule has 0 saturated carbocycles. The summed E-state index contributed by atoms with van der Waals surface area (Å²) in [5, 5.41) is 9.44. The summed E-state index contributed by atoms with van der Waals surface area (Å²) in [7, 11) is -0.450. The molecule has 0 aliphatic rings. The van der Waals surface area contributed by atoms with E-state index in [9.17, 15) is 18.5 Å². The van der Waals surface area contributed by atoms with Crippen LogP contribution < -0.4 is 4.74 Å². The first-order chi connectivity index (χ1) is 18.3. The van der Waals surface area contributed by atoms with Gasteiger partial charge in [-0.15, -0.1) is 0 Å². The van der Waals surface area contributed by atoms with Crippen LogP contribution in [0.15, 0.2) is 101 Å². The van der Waals surface area contributed by atoms with E-state index in [1.807, 2.05) is 6.07 Å². The molecule has 1 N–H and O–H groups in total. The van der Waals surface area contributed by atoms with Crippen LogP contribution >= 0.6 is 0 Å². The van der Waals surface area contributed by atoms with Gasteiger partial charge in [0.25, 0.3) is 0 Å². The second kappa shape index (κ2) is 11.4. The predicted molar refractivity (Wildman–Crippen MR) is 142 cm³/mol. The number of imidazole rings is 1. The lowest BCUT2D eigenvalue weighted by Crippen LogP contribution is -2.06. The van der Waals surface area contributed by atoms with E-state index in [2.05, 4.69) is 21.0 Å². The highest BCUT2D eigenvalue weighted by atomic mass is 32.2. The van der Waals surface area contributed by atoms with E-state index >= 15 is 0 Å². The highest BCUT2D eigenvalue weighted by Crippen LogP contribution is 2.36. The van der Waals surface area contributed by atoms with Crippen LogP contribution in [0.4, 0.5) is 0 Å². The summed E-state index contributed by atoms with van der Waals surface area (Å²) in [4.78, 5) is 23.1. The Morgan fingerprint density at radius 1 is 0.921 bits per heavy atom. The predicted octanol–water partition coefficient (Wildman–Crippen LogP) is 4.83. The Morgan fingerprint density at radius 3 is 2.26 bits per heavy atom. The molecule has 0 unspecified atom stereocenters. The zero-order valence-electron chi connectivity index (χ0n) is 20.6. The van der Waals surface area contributed by atoms with Crippen molar-refractivity contribution in [2.24, 2.45) is 0 Å². The molecule has 0 spiro atoms. The van der Waals surface area contributed by atoms with Crippen molar-refractivity contribution in [1.29, 1.82) is 5.26 Å². The number of amides is 1. The summed E-state index contributed by atoms with van der Waals surface area (Å²) in [5.41, 5.74) is 1.82. The van der Waals surface area contributed by atoms with E-state index in [1.165, 1.54) is 29.2 Å². The van der Waals surface area contributed by atoms with E-state index in [0.717, 1.165) is 6.41 Å². The number of pyridine rings is 1. The van der Waals surface area contributed by atoms with Crippen molar-refractivity contribution < 1.29 is 17.9 Å². The number of aromatic nitrogens is 3. The number of nitriles is 1. The fraction of sp³-hybridized carbons (Fsp3) is 0.0714. The Morgan fingerprint density at radius 2 is 1.61 bits per heavy atom. The Kier molecular flexibility index (Phi) is 7.80. The van der Waals surface area contributed by atoms with Crippen molar-refractivity contribution in [1.82, 2.24) is 19.9 Å². The van der Waals surface area contributed by atoms with Crippen molar-refractivity contribution in [3.63, 3.8) is 0 Å². The highest BCUT2D eigenvalue weighted by Gasteiger charge is 2.22. The van der Waals surface area contributed by atoms with Crippen LogP contribution in [-0.2, 0) is 14.6 Å². The van der Waals surface area contributed by atoms with Crippen LogP contribution in [0.25, 0.3) is 22.6 Å². The molecule has 1 amide bonds. The topological polar surface area (TPSA) is 129 Å². The van der Waals surface area contributed by atoms with Crippen LogP contribution in [0, 0.1) is 11.3 Å². The molecule has 0 radical (unpaired) electrons. The molecule has 2 aromatic heterocycles. The Hall–Kier alpha value is -5.01. The van der Waals surface area contributed by atoms with Gasteiger partial charge in [-0.25, -0.2) is 13.4 Å². The van der Waals surface area contributed by atoms with E-state index in [0.29, 0.717) is 33.9 Å². The fourth-order valence-corrected chi connectivity index (χ4v) is 4.74. The first-order valence-corrected chi connectivity index (χ1v) is 12.9. The standard InChI is InChI=1S/C25H16N4O3S.C3H7NO/c26-16-17-8-4-5-12-22(17)32-23-15-19(33(30,31)18-9-2-1-3-10-18)14-21-24(23)29-25(28-21)20-11-6-7-13-27-20;1-4(2)3-5/h1-15H,(H,28,29);3H,1-2H3. The normalized spacial score (nSPS) is 10.7. The van der Waals surface area contributed by atoms with Gasteiger partial charge in [-0.2, -0.15) is 5.26 Å². The number of nitrogens with zero attached hydrogens (tertiary/aromatic N) is 4. The largest absolute Gasteiger partial charge is 0.454 e. The molecule has 0 bridgehead atoms. The monoisotopic (exact) mass is 525 g/mol. The second-order valence-electron chi connectivity index (χ2n) is 8.21. The summed E-state index contributed by atoms with van der Waals surface area (Å²) in [6.07, 6.45) is 2.40. The quantitative estimate of drug-likeness (QED) is 0.315. The molecule has 5 rings (SSSR count). The number of para-hydroxylation sites is 1. The lowest BCUT2D eigenvalue weighted by atomic mass is 10.2. The summed E-state index contributed by atoms with van der Waals surface area (Å²) in [5.74, 6) is 0.986. The van der Waals surface area contributed by atoms with Crippen LogP contribution in [-0.4, -0.2) is 48.8 Å². The number of H-pyrrole nitrogens is 1. The smallest absolute Gasteiger partial charge is 0.209 e. The van der Waals surface area contributed by atoms with E-state index in [4.69, 9.17) is 4.74 Å². The van der Waals surface area contributed by atoms with Crippen LogP contribution in [0.2, 0.25) is 0 Å². The minimum absolute atomic E-state index is 0.0434. The van der Waals surface area contributed by atoms with Gasteiger partial charge in [-0.3, -0.25) is 9.78 Å². The molecule has 0 fully saturated rings. The van der Waals surface area contributed by atoms with E-state index in [-0.39, 0.29) is 15.5 Å². The number of hydrogen-bond acceptors (Lipinski definition) is 7. The fourth-order valence-electron chi connectivity index (χ4n) is 3.42. The summed E-state index contributed by atoms with van der Waals surface area (Å²) >= 11 is 0. The maximum absolute atomic E-state index is 13.3. The van der Waals surface area contributed by atoms with Gasteiger partial charge in [-0.05, 0) is 42.5 Å². The van der Waals surface area contributed by atoms with Gasteiger partial charge in [0, 0.05) is 26.4 Å². The highest BCUT2D eigenvalue weighted by molar-refractivity contribution is 7.91. The maximum atomic E-state index is 13.3. The maximum Gasteiger partial charge on any atom is 0.209 e. The second-order valence-corrected chi connectivity index (χ2v) is 10.2. The van der Waals surface area contributed by atoms with Gasteiger partial charge in [0.05, 0.1) is 20.9 Å². The van der Waals surface area contributed by atoms with Gasteiger partial charge >= 0.3 is 0 Å². The molecule has 9 nitrogen and oxygen atoms in total. The number of rotatable bonds is 6. The molecule has 0 atom stereocenters. The third-order valence-electron chi connectivity index (χ3n) is 5.23. The molecule has 5 aromatic rings. The summed E-state index contributed by atoms with van der Waals surface area (Å²) < 4.78 is 32.7. The Labute approximate surface area is 219 Å². The zero-order chi connectivity index (χ0) is 27.1. The Bertz CT molecular complexity index is 1710. The molecular weight excluding hydrogens is 502 g/mol. The molecule has 0 aliphatic heterocycles. The number of sulfone groups is 1. The molecular formula is C28H23N5O4S. The van der Waals surface area contributed by atoms with Crippen LogP contribution in [0.5, 0.6) is 11.5 Å². The number of ether oxygens (including phenoxy) is 1. The number of fused-ring (bicyclic) bond motifs is 1. The first-order valence-electron chi connectivity index (χ1n) is 11.4. The lowest BCUT2D eigenvalue weighted by Gasteiger charge is -2.11. The molecule has 0 aliphatic carbocycles. The third kappa shape index (κ3) is 5.69. The number of carbonyl (C=O) groups excluding carboxylic acids is 1. The first kappa shape index (κ1) is 26.1. The van der Waals surface area contributed by atoms with Crippen molar-refractivity contribution in [2.45, 2.75) is 9.79 Å². The average molecular weight is 526 g/mol. The van der Waals surface area contributed by atoms with Gasteiger partial charge in [0.1, 0.15) is 23.0 Å². The van der Waals surface area contributed by atoms with Gasteiger partial charge < -0.3 is 14.6 Å². The Balaban J connectivity index is 0.000000617. The molecule has 3 aromatic carbocycles. The summed E-state index contributed by atoms with van der Waals surface area (Å²) in [6.45, 7) is 0. The summed E-state index contributed by atoms with van der Waals surface area (Å²) in [6, 6.07) is 25.4. The number of hydrogen-bond donors (Lipinski definition) is 1. The van der Waals surface area contributed by atoms with Crippen molar-refractivity contribution in [3.8, 4) is 29.1 Å². The average Bonchev–Trinajstić information content (AvgIpc) is 3.39. The molecule has 0 saturated heterocycles. The molecule has 10 heteroatoms. The zero-order valence-corrected chi connectivity index (χ0v) is 21.4. The minimum Gasteiger partial charge on any atom is -0.454 e. The molecule has 2 heterocycles.